The van der Waals surface area contributed by atoms with E-state index >= 15 is 0 Å². The number of rotatable bonds is 1. The Morgan fingerprint density at radius 3 is 2.85 bits per heavy atom. The van der Waals surface area contributed by atoms with Crippen LogP contribution >= 0.6 is 0 Å². The average Bonchev–Trinajstić information content (AvgIpc) is 2.72. The van der Waals surface area contributed by atoms with Crippen molar-refractivity contribution in [2.45, 2.75) is 25.9 Å². The summed E-state index contributed by atoms with van der Waals surface area (Å²) < 4.78 is 5.37. The van der Waals surface area contributed by atoms with Gasteiger partial charge >= 0.3 is 0 Å². The fraction of sp³-hybridized carbons (Fsp3) is 0.889. The lowest BCUT2D eigenvalue weighted by Gasteiger charge is -2.20. The molecule has 0 aromatic heterocycles. The molecule has 2 fully saturated rings. The van der Waals surface area contributed by atoms with E-state index in [4.69, 9.17) is 9.57 Å². The van der Waals surface area contributed by atoms with Gasteiger partial charge in [-0.05, 0) is 18.8 Å². The third kappa shape index (κ3) is 1.69. The molecule has 4 heteroatoms. The zero-order valence-corrected chi connectivity index (χ0v) is 7.86. The molecule has 4 nitrogen and oxygen atoms in total. The molecular formula is C9H15NO3. The number of amides is 1. The van der Waals surface area contributed by atoms with Crippen LogP contribution in [0.15, 0.2) is 0 Å². The Labute approximate surface area is 77.7 Å². The molecule has 0 spiro atoms. The first-order valence-corrected chi connectivity index (χ1v) is 4.85. The minimum Gasteiger partial charge on any atom is -0.368 e. The second-order valence-corrected chi connectivity index (χ2v) is 3.68. The molecule has 0 saturated carbocycles. The normalized spacial score (nSPS) is 34.1. The summed E-state index contributed by atoms with van der Waals surface area (Å²) in [5, 5.41) is 1.45. The predicted octanol–water partition coefficient (Wildman–Crippen LogP) is 0.575. The van der Waals surface area contributed by atoms with Crippen molar-refractivity contribution in [1.82, 2.24) is 5.06 Å². The Hall–Kier alpha value is -0.610. The van der Waals surface area contributed by atoms with Crippen molar-refractivity contribution < 1.29 is 14.4 Å². The van der Waals surface area contributed by atoms with E-state index < -0.39 is 0 Å². The molecule has 0 radical (unpaired) electrons. The van der Waals surface area contributed by atoms with E-state index in [0.29, 0.717) is 25.7 Å². The van der Waals surface area contributed by atoms with Crippen LogP contribution in [0.3, 0.4) is 0 Å². The lowest BCUT2D eigenvalue weighted by molar-refractivity contribution is -0.179. The van der Waals surface area contributed by atoms with Crippen molar-refractivity contribution in [2.75, 3.05) is 19.8 Å². The Balaban J connectivity index is 1.95. The van der Waals surface area contributed by atoms with Gasteiger partial charge in [0.05, 0.1) is 13.2 Å². The van der Waals surface area contributed by atoms with Gasteiger partial charge in [0.1, 0.15) is 6.10 Å². The molecule has 2 aliphatic heterocycles. The van der Waals surface area contributed by atoms with Gasteiger partial charge in [-0.15, -0.1) is 0 Å². The molecular weight excluding hydrogens is 170 g/mol. The van der Waals surface area contributed by atoms with Crippen LogP contribution < -0.4 is 0 Å². The van der Waals surface area contributed by atoms with Crippen molar-refractivity contribution in [2.24, 2.45) is 5.92 Å². The molecule has 2 saturated heterocycles. The zero-order valence-electron chi connectivity index (χ0n) is 7.86. The molecule has 2 unspecified atom stereocenters. The first kappa shape index (κ1) is 8.97. The molecule has 74 valence electrons. The van der Waals surface area contributed by atoms with Gasteiger partial charge in [0.25, 0.3) is 5.91 Å². The van der Waals surface area contributed by atoms with Crippen LogP contribution in [0.2, 0.25) is 0 Å². The number of ether oxygens (including phenoxy) is 1. The van der Waals surface area contributed by atoms with Crippen molar-refractivity contribution >= 4 is 5.91 Å². The van der Waals surface area contributed by atoms with Crippen LogP contribution in [0.5, 0.6) is 0 Å². The molecule has 0 aromatic carbocycles. The monoisotopic (exact) mass is 185 g/mol. The minimum atomic E-state index is -0.266. The molecule has 13 heavy (non-hydrogen) atoms. The lowest BCUT2D eigenvalue weighted by Crippen LogP contribution is -2.38. The van der Waals surface area contributed by atoms with E-state index in [2.05, 4.69) is 0 Å². The van der Waals surface area contributed by atoms with E-state index in [1.807, 2.05) is 6.92 Å². The molecule has 0 aliphatic carbocycles. The number of carbonyl (C=O) groups is 1. The maximum Gasteiger partial charge on any atom is 0.275 e. The summed E-state index contributed by atoms with van der Waals surface area (Å²) in [4.78, 5) is 16.9. The van der Waals surface area contributed by atoms with E-state index in [9.17, 15) is 4.79 Å². The highest BCUT2D eigenvalue weighted by Gasteiger charge is 2.35. The summed E-state index contributed by atoms with van der Waals surface area (Å²) >= 11 is 0. The van der Waals surface area contributed by atoms with Crippen molar-refractivity contribution in [1.29, 1.82) is 0 Å². The smallest absolute Gasteiger partial charge is 0.275 e. The summed E-state index contributed by atoms with van der Waals surface area (Å²) in [5.41, 5.74) is 0. The van der Waals surface area contributed by atoms with E-state index in [1.165, 1.54) is 5.06 Å². The van der Waals surface area contributed by atoms with Crippen molar-refractivity contribution in [3.63, 3.8) is 0 Å². The summed E-state index contributed by atoms with van der Waals surface area (Å²) in [6, 6.07) is 0. The van der Waals surface area contributed by atoms with Crippen LogP contribution in [0, 0.1) is 5.92 Å². The SMILES string of the molecule is CC1CCOC1C(=O)N1CCCO1. The first-order valence-electron chi connectivity index (χ1n) is 4.85. The molecule has 1 amide bonds. The number of nitrogens with zero attached hydrogens (tertiary/aromatic N) is 1. The van der Waals surface area contributed by atoms with E-state index in [0.717, 1.165) is 12.8 Å². The maximum absolute atomic E-state index is 11.7. The van der Waals surface area contributed by atoms with E-state index in [-0.39, 0.29) is 12.0 Å². The summed E-state index contributed by atoms with van der Waals surface area (Å²) in [6.45, 7) is 4.12. The molecule has 2 atom stereocenters. The topological polar surface area (TPSA) is 38.8 Å². The molecule has 0 aromatic rings. The Kier molecular flexibility index (Phi) is 2.51. The van der Waals surface area contributed by atoms with Crippen LogP contribution in [0.25, 0.3) is 0 Å². The quantitative estimate of drug-likeness (QED) is 0.599. The third-order valence-corrected chi connectivity index (χ3v) is 2.63. The van der Waals surface area contributed by atoms with Crippen LogP contribution in [0.1, 0.15) is 19.8 Å². The van der Waals surface area contributed by atoms with Gasteiger partial charge in [-0.2, -0.15) is 0 Å². The lowest BCUT2D eigenvalue weighted by atomic mass is 10.0. The highest BCUT2D eigenvalue weighted by Crippen LogP contribution is 2.23. The summed E-state index contributed by atoms with van der Waals surface area (Å²) in [7, 11) is 0. The first-order chi connectivity index (χ1) is 6.29. The number of hydrogen-bond donors (Lipinski definition) is 0. The second kappa shape index (κ2) is 3.64. The van der Waals surface area contributed by atoms with Gasteiger partial charge in [-0.3, -0.25) is 9.63 Å². The molecule has 2 rings (SSSR count). The molecule has 2 heterocycles. The van der Waals surface area contributed by atoms with Gasteiger partial charge in [0.2, 0.25) is 0 Å². The fourth-order valence-corrected chi connectivity index (χ4v) is 1.77. The van der Waals surface area contributed by atoms with Crippen molar-refractivity contribution in [3.8, 4) is 0 Å². The van der Waals surface area contributed by atoms with Crippen LogP contribution in [-0.4, -0.2) is 36.8 Å². The summed E-state index contributed by atoms with van der Waals surface area (Å²) in [5.74, 6) is 0.333. The van der Waals surface area contributed by atoms with Crippen molar-refractivity contribution in [3.05, 3.63) is 0 Å². The molecule has 2 aliphatic rings. The summed E-state index contributed by atoms with van der Waals surface area (Å²) in [6.07, 6.45) is 1.65. The number of hydroxylamine groups is 2. The molecule has 0 bridgehead atoms. The fourth-order valence-electron chi connectivity index (χ4n) is 1.77. The van der Waals surface area contributed by atoms with Gasteiger partial charge in [0.15, 0.2) is 0 Å². The maximum atomic E-state index is 11.7. The predicted molar refractivity (Wildman–Crippen MR) is 45.8 cm³/mol. The largest absolute Gasteiger partial charge is 0.368 e. The second-order valence-electron chi connectivity index (χ2n) is 3.68. The van der Waals surface area contributed by atoms with Gasteiger partial charge in [-0.25, -0.2) is 5.06 Å². The van der Waals surface area contributed by atoms with Gasteiger partial charge in [0, 0.05) is 6.61 Å². The van der Waals surface area contributed by atoms with Gasteiger partial charge < -0.3 is 4.74 Å². The zero-order chi connectivity index (χ0) is 9.26. The number of carbonyl (C=O) groups excluding carboxylic acids is 1. The Bertz CT molecular complexity index is 201. The Morgan fingerprint density at radius 2 is 2.31 bits per heavy atom. The van der Waals surface area contributed by atoms with Crippen LogP contribution in [0.4, 0.5) is 0 Å². The minimum absolute atomic E-state index is 0.00231. The van der Waals surface area contributed by atoms with Crippen LogP contribution in [-0.2, 0) is 14.4 Å². The third-order valence-electron chi connectivity index (χ3n) is 2.63. The molecule has 0 N–H and O–H groups in total. The average molecular weight is 185 g/mol. The van der Waals surface area contributed by atoms with Gasteiger partial charge in [-0.1, -0.05) is 6.92 Å². The van der Waals surface area contributed by atoms with E-state index in [1.54, 1.807) is 0 Å². The highest BCUT2D eigenvalue weighted by molar-refractivity contribution is 5.80. The number of hydrogen-bond acceptors (Lipinski definition) is 3. The Morgan fingerprint density at radius 1 is 1.46 bits per heavy atom. The highest BCUT2D eigenvalue weighted by atomic mass is 16.7. The standard InChI is InChI=1S/C9H15NO3/c1-7-3-6-12-8(7)9(11)10-4-2-5-13-10/h7-8H,2-6H2,1H3.